The molecule has 0 bridgehead atoms. The van der Waals surface area contributed by atoms with Crippen LogP contribution in [0.2, 0.25) is 0 Å². The fourth-order valence-corrected chi connectivity index (χ4v) is 1.57. The third-order valence-corrected chi connectivity index (χ3v) is 2.38. The quantitative estimate of drug-likeness (QED) is 0.755. The second-order valence-electron chi connectivity index (χ2n) is 3.34. The zero-order valence-corrected chi connectivity index (χ0v) is 6.90. The fraction of sp³-hybridized carbons (Fsp3) is 0.300. The molecule has 13 heavy (non-hydrogen) atoms. The molecule has 1 aromatic carbocycles. The van der Waals surface area contributed by atoms with Gasteiger partial charge in [0, 0.05) is 0 Å². The van der Waals surface area contributed by atoms with Crippen LogP contribution in [0.4, 0.5) is 4.39 Å². The van der Waals surface area contributed by atoms with E-state index in [-0.39, 0.29) is 17.7 Å². The summed E-state index contributed by atoms with van der Waals surface area (Å²) in [5, 5.41) is 8.66. The van der Waals surface area contributed by atoms with Crippen molar-refractivity contribution in [1.82, 2.24) is 0 Å². The van der Waals surface area contributed by atoms with Gasteiger partial charge in [-0.05, 0) is 30.0 Å². The lowest BCUT2D eigenvalue weighted by molar-refractivity contribution is -0.138. The van der Waals surface area contributed by atoms with Crippen molar-refractivity contribution in [2.24, 2.45) is 5.92 Å². The molecule has 0 unspecified atom stereocenters. The molecule has 1 aliphatic rings. The molecule has 0 amide bonds. The lowest BCUT2D eigenvalue weighted by Gasteiger charge is -1.97. The maximum atomic E-state index is 12.7. The third kappa shape index (κ3) is 1.54. The third-order valence-electron chi connectivity index (χ3n) is 2.38. The van der Waals surface area contributed by atoms with Gasteiger partial charge in [0.2, 0.25) is 0 Å². The Labute approximate surface area is 75.0 Å². The molecule has 2 nitrogen and oxygen atoms in total. The first kappa shape index (κ1) is 8.23. The second kappa shape index (κ2) is 2.83. The van der Waals surface area contributed by atoms with Crippen molar-refractivity contribution < 1.29 is 14.3 Å². The molecule has 0 saturated heterocycles. The first-order chi connectivity index (χ1) is 6.18. The van der Waals surface area contributed by atoms with E-state index in [4.69, 9.17) is 5.11 Å². The lowest BCUT2D eigenvalue weighted by Crippen LogP contribution is -1.98. The van der Waals surface area contributed by atoms with Gasteiger partial charge in [-0.15, -0.1) is 0 Å². The molecular formula is C10H9FO2. The average molecular weight is 180 g/mol. The summed E-state index contributed by atoms with van der Waals surface area (Å²) < 4.78 is 12.7. The van der Waals surface area contributed by atoms with E-state index in [1.807, 2.05) is 0 Å². The summed E-state index contributed by atoms with van der Waals surface area (Å²) in [6.07, 6.45) is 0.638. The molecule has 0 aromatic heterocycles. The van der Waals surface area contributed by atoms with Crippen LogP contribution in [0.3, 0.4) is 0 Å². The molecule has 1 N–H and O–H groups in total. The predicted molar refractivity (Wildman–Crippen MR) is 44.9 cm³/mol. The van der Waals surface area contributed by atoms with Crippen molar-refractivity contribution >= 4 is 5.97 Å². The number of rotatable bonds is 2. The van der Waals surface area contributed by atoms with Gasteiger partial charge in [-0.25, -0.2) is 4.39 Å². The average Bonchev–Trinajstić information content (AvgIpc) is 2.82. The Morgan fingerprint density at radius 3 is 2.85 bits per heavy atom. The molecule has 0 radical (unpaired) electrons. The highest BCUT2D eigenvalue weighted by Gasteiger charge is 2.44. The maximum absolute atomic E-state index is 12.7. The van der Waals surface area contributed by atoms with Gasteiger partial charge in [0.1, 0.15) is 5.82 Å². The molecule has 1 fully saturated rings. The van der Waals surface area contributed by atoms with Crippen molar-refractivity contribution in [3.8, 4) is 0 Å². The molecule has 0 heterocycles. The number of carbonyl (C=O) groups is 1. The van der Waals surface area contributed by atoms with Gasteiger partial charge in [0.15, 0.2) is 0 Å². The van der Waals surface area contributed by atoms with Gasteiger partial charge in [-0.2, -0.15) is 0 Å². The lowest BCUT2D eigenvalue weighted by atomic mass is 10.1. The van der Waals surface area contributed by atoms with E-state index in [1.54, 1.807) is 12.1 Å². The van der Waals surface area contributed by atoms with E-state index in [0.29, 0.717) is 6.42 Å². The van der Waals surface area contributed by atoms with E-state index >= 15 is 0 Å². The number of aliphatic carboxylic acids is 1. The molecule has 0 spiro atoms. The predicted octanol–water partition coefficient (Wildman–Crippen LogP) is 2.01. The molecule has 3 heteroatoms. The molecular weight excluding hydrogens is 171 g/mol. The Bertz CT molecular complexity index is 349. The molecule has 1 aliphatic carbocycles. The van der Waals surface area contributed by atoms with Crippen LogP contribution < -0.4 is 0 Å². The van der Waals surface area contributed by atoms with Gasteiger partial charge in [0.05, 0.1) is 5.92 Å². The van der Waals surface area contributed by atoms with E-state index in [9.17, 15) is 9.18 Å². The SMILES string of the molecule is O=C(O)[C@H]1C[C@H]1c1cccc(F)c1. The summed E-state index contributed by atoms with van der Waals surface area (Å²) in [7, 11) is 0. The highest BCUT2D eigenvalue weighted by Crippen LogP contribution is 2.47. The molecule has 2 atom stereocenters. The van der Waals surface area contributed by atoms with Crippen molar-refractivity contribution in [1.29, 1.82) is 0 Å². The van der Waals surface area contributed by atoms with Crippen molar-refractivity contribution in [3.63, 3.8) is 0 Å². The molecule has 1 saturated carbocycles. The van der Waals surface area contributed by atoms with Crippen molar-refractivity contribution in [3.05, 3.63) is 35.6 Å². The van der Waals surface area contributed by atoms with Gasteiger partial charge in [0.25, 0.3) is 0 Å². The Hall–Kier alpha value is -1.38. The van der Waals surface area contributed by atoms with Crippen LogP contribution in [0.25, 0.3) is 0 Å². The summed E-state index contributed by atoms with van der Waals surface area (Å²) in [6, 6.07) is 6.16. The highest BCUT2D eigenvalue weighted by atomic mass is 19.1. The number of carboxylic acids is 1. The Kier molecular flexibility index (Phi) is 1.79. The van der Waals surface area contributed by atoms with Crippen LogP contribution in [0, 0.1) is 11.7 Å². The summed E-state index contributed by atoms with van der Waals surface area (Å²) in [5.74, 6) is -1.36. The minimum atomic E-state index is -0.783. The van der Waals surface area contributed by atoms with Gasteiger partial charge in [-0.1, -0.05) is 12.1 Å². The monoisotopic (exact) mass is 180 g/mol. The first-order valence-electron chi connectivity index (χ1n) is 4.17. The minimum Gasteiger partial charge on any atom is -0.481 e. The second-order valence-corrected chi connectivity index (χ2v) is 3.34. The normalized spacial score (nSPS) is 25.6. The minimum absolute atomic E-state index is 0.0215. The Morgan fingerprint density at radius 1 is 1.54 bits per heavy atom. The van der Waals surface area contributed by atoms with Crippen molar-refractivity contribution in [2.75, 3.05) is 0 Å². The fourth-order valence-electron chi connectivity index (χ4n) is 1.57. The topological polar surface area (TPSA) is 37.3 Å². The van der Waals surface area contributed by atoms with Gasteiger partial charge >= 0.3 is 5.97 Å². The van der Waals surface area contributed by atoms with E-state index < -0.39 is 5.97 Å². The first-order valence-corrected chi connectivity index (χ1v) is 4.17. The smallest absolute Gasteiger partial charge is 0.307 e. The summed E-state index contributed by atoms with van der Waals surface area (Å²) in [4.78, 5) is 10.5. The molecule has 1 aromatic rings. The molecule has 0 aliphatic heterocycles. The van der Waals surface area contributed by atoms with E-state index in [0.717, 1.165) is 5.56 Å². The number of hydrogen-bond donors (Lipinski definition) is 1. The van der Waals surface area contributed by atoms with Crippen LogP contribution in [-0.2, 0) is 4.79 Å². The van der Waals surface area contributed by atoms with E-state index in [2.05, 4.69) is 0 Å². The van der Waals surface area contributed by atoms with Crippen LogP contribution in [0.1, 0.15) is 17.9 Å². The number of hydrogen-bond acceptors (Lipinski definition) is 1. The number of halogens is 1. The molecule has 68 valence electrons. The number of benzene rings is 1. The highest BCUT2D eigenvalue weighted by molar-refractivity contribution is 5.75. The Balaban J connectivity index is 2.16. The van der Waals surface area contributed by atoms with Gasteiger partial charge < -0.3 is 5.11 Å². The summed E-state index contributed by atoms with van der Waals surface area (Å²) in [6.45, 7) is 0. The zero-order chi connectivity index (χ0) is 9.42. The summed E-state index contributed by atoms with van der Waals surface area (Å²) >= 11 is 0. The van der Waals surface area contributed by atoms with Crippen LogP contribution in [-0.4, -0.2) is 11.1 Å². The largest absolute Gasteiger partial charge is 0.481 e. The van der Waals surface area contributed by atoms with Crippen LogP contribution >= 0.6 is 0 Å². The van der Waals surface area contributed by atoms with Crippen LogP contribution in [0.15, 0.2) is 24.3 Å². The Morgan fingerprint density at radius 2 is 2.31 bits per heavy atom. The maximum Gasteiger partial charge on any atom is 0.307 e. The molecule has 2 rings (SSSR count). The number of carboxylic acid groups (broad SMARTS) is 1. The summed E-state index contributed by atoms with van der Waals surface area (Å²) in [5.41, 5.74) is 0.799. The zero-order valence-electron chi connectivity index (χ0n) is 6.90. The standard InChI is InChI=1S/C10H9FO2/c11-7-3-1-2-6(4-7)8-5-9(8)10(12)13/h1-4,8-9H,5H2,(H,12,13)/t8-,9-/m0/s1. The van der Waals surface area contributed by atoms with Crippen LogP contribution in [0.5, 0.6) is 0 Å². The van der Waals surface area contributed by atoms with Crippen molar-refractivity contribution in [2.45, 2.75) is 12.3 Å². The van der Waals surface area contributed by atoms with Gasteiger partial charge in [-0.3, -0.25) is 4.79 Å². The van der Waals surface area contributed by atoms with E-state index in [1.165, 1.54) is 12.1 Å².